The molecule has 1 saturated heterocycles. The number of aromatic nitrogens is 2. The van der Waals surface area contributed by atoms with Crippen molar-refractivity contribution in [2.75, 3.05) is 13.1 Å². The van der Waals surface area contributed by atoms with E-state index in [2.05, 4.69) is 11.1 Å². The molecule has 0 N–H and O–H groups in total. The maximum Gasteiger partial charge on any atom is 0.416 e. The summed E-state index contributed by atoms with van der Waals surface area (Å²) in [7, 11) is 0. The molecule has 0 saturated carbocycles. The molecule has 1 aliphatic carbocycles. The van der Waals surface area contributed by atoms with Gasteiger partial charge in [-0.05, 0) is 56.7 Å². The van der Waals surface area contributed by atoms with Crippen LogP contribution < -0.4 is 0 Å². The Hall–Kier alpha value is -2.31. The van der Waals surface area contributed by atoms with Gasteiger partial charge in [0.2, 0.25) is 5.91 Å². The molecule has 0 radical (unpaired) electrons. The molecule has 0 atom stereocenters. The smallest absolute Gasteiger partial charge is 0.342 e. The van der Waals surface area contributed by atoms with Gasteiger partial charge in [0.1, 0.15) is 0 Å². The van der Waals surface area contributed by atoms with Gasteiger partial charge >= 0.3 is 6.18 Å². The van der Waals surface area contributed by atoms with E-state index in [9.17, 15) is 18.0 Å². The number of hydrogen-bond donors (Lipinski definition) is 0. The van der Waals surface area contributed by atoms with E-state index in [-0.39, 0.29) is 11.9 Å². The first-order chi connectivity index (χ1) is 13.4. The summed E-state index contributed by atoms with van der Waals surface area (Å²) in [5.74, 6) is 0.192. The fourth-order valence-corrected chi connectivity index (χ4v) is 4.26. The van der Waals surface area contributed by atoms with Gasteiger partial charge < -0.3 is 9.47 Å². The van der Waals surface area contributed by atoms with E-state index in [4.69, 9.17) is 0 Å². The standard InChI is InChI=1S/C21H24F3N3O/c22-21(23,24)16-6-7-19-18(13-16)25-14-27(19)17-8-10-26(11-9-17)20(28)12-15-4-2-1-3-5-15/h4,6-7,13-14,17H,1-3,5,8-12H2. The Morgan fingerprint density at radius 3 is 2.64 bits per heavy atom. The molecule has 1 fully saturated rings. The van der Waals surface area contributed by atoms with Gasteiger partial charge in [0, 0.05) is 25.6 Å². The number of benzene rings is 1. The van der Waals surface area contributed by atoms with Crippen LogP contribution in [0.1, 0.15) is 56.6 Å². The normalized spacial score (nSPS) is 19.1. The van der Waals surface area contributed by atoms with Crippen molar-refractivity contribution in [3.63, 3.8) is 0 Å². The molecule has 4 rings (SSSR count). The molecule has 7 heteroatoms. The fraction of sp³-hybridized carbons (Fsp3) is 0.524. The van der Waals surface area contributed by atoms with Crippen LogP contribution in [0.4, 0.5) is 13.2 Å². The quantitative estimate of drug-likeness (QED) is 0.682. The summed E-state index contributed by atoms with van der Waals surface area (Å²) >= 11 is 0. The summed E-state index contributed by atoms with van der Waals surface area (Å²) in [6.45, 7) is 1.36. The van der Waals surface area contributed by atoms with Crippen molar-refractivity contribution >= 4 is 16.9 Å². The van der Waals surface area contributed by atoms with Crippen molar-refractivity contribution < 1.29 is 18.0 Å². The molecule has 1 aliphatic heterocycles. The second-order valence-corrected chi connectivity index (χ2v) is 7.75. The first kappa shape index (κ1) is 19.0. The van der Waals surface area contributed by atoms with Gasteiger partial charge in [0.25, 0.3) is 0 Å². The van der Waals surface area contributed by atoms with Crippen LogP contribution in [0.2, 0.25) is 0 Å². The number of halogens is 3. The Kier molecular flexibility index (Phi) is 5.17. The Labute approximate surface area is 162 Å². The van der Waals surface area contributed by atoms with Crippen molar-refractivity contribution in [1.29, 1.82) is 0 Å². The number of carbonyl (C=O) groups is 1. The van der Waals surface area contributed by atoms with Crippen molar-refractivity contribution in [3.8, 4) is 0 Å². The van der Waals surface area contributed by atoms with Gasteiger partial charge in [-0.1, -0.05) is 11.6 Å². The molecule has 2 aliphatic rings. The van der Waals surface area contributed by atoms with Crippen molar-refractivity contribution in [1.82, 2.24) is 14.5 Å². The lowest BCUT2D eigenvalue weighted by Gasteiger charge is -2.33. The van der Waals surface area contributed by atoms with Crippen LogP contribution in [0.25, 0.3) is 11.0 Å². The molecular formula is C21H24F3N3O. The van der Waals surface area contributed by atoms with E-state index >= 15 is 0 Å². The third-order valence-corrected chi connectivity index (χ3v) is 5.88. The number of alkyl halides is 3. The van der Waals surface area contributed by atoms with Gasteiger partial charge in [-0.15, -0.1) is 0 Å². The number of allylic oxidation sites excluding steroid dienone is 1. The average Bonchev–Trinajstić information content (AvgIpc) is 3.11. The molecule has 2 heterocycles. The molecule has 4 nitrogen and oxygen atoms in total. The van der Waals surface area contributed by atoms with E-state index in [1.165, 1.54) is 24.5 Å². The third-order valence-electron chi connectivity index (χ3n) is 5.88. The molecule has 1 amide bonds. The van der Waals surface area contributed by atoms with E-state index in [0.29, 0.717) is 30.5 Å². The zero-order valence-corrected chi connectivity index (χ0v) is 15.7. The zero-order valence-electron chi connectivity index (χ0n) is 15.7. The summed E-state index contributed by atoms with van der Waals surface area (Å²) in [6.07, 6.45) is 6.07. The Balaban J connectivity index is 1.41. The lowest BCUT2D eigenvalue weighted by atomic mass is 9.96. The predicted molar refractivity (Wildman–Crippen MR) is 101 cm³/mol. The van der Waals surface area contributed by atoms with Crippen molar-refractivity contribution in [2.24, 2.45) is 0 Å². The number of hydrogen-bond acceptors (Lipinski definition) is 2. The Morgan fingerprint density at radius 1 is 1.18 bits per heavy atom. The predicted octanol–water partition coefficient (Wildman–Crippen LogP) is 5.11. The Morgan fingerprint density at radius 2 is 1.96 bits per heavy atom. The van der Waals surface area contributed by atoms with Crippen LogP contribution >= 0.6 is 0 Å². The van der Waals surface area contributed by atoms with Crippen LogP contribution in [0.3, 0.4) is 0 Å². The number of fused-ring (bicyclic) bond motifs is 1. The molecular weight excluding hydrogens is 367 g/mol. The summed E-state index contributed by atoms with van der Waals surface area (Å²) in [5.41, 5.74) is 1.66. The number of carbonyl (C=O) groups excluding carboxylic acids is 1. The van der Waals surface area contributed by atoms with Crippen molar-refractivity contribution in [3.05, 3.63) is 41.7 Å². The Bertz CT molecular complexity index is 892. The second-order valence-electron chi connectivity index (χ2n) is 7.75. The fourth-order valence-electron chi connectivity index (χ4n) is 4.26. The van der Waals surface area contributed by atoms with E-state index in [1.54, 1.807) is 6.33 Å². The minimum Gasteiger partial charge on any atom is -0.342 e. The summed E-state index contributed by atoms with van der Waals surface area (Å²) < 4.78 is 40.6. The summed E-state index contributed by atoms with van der Waals surface area (Å²) in [4.78, 5) is 18.7. The first-order valence-corrected chi connectivity index (χ1v) is 9.91. The largest absolute Gasteiger partial charge is 0.416 e. The number of rotatable bonds is 3. The van der Waals surface area contributed by atoms with Gasteiger partial charge in [-0.25, -0.2) is 4.98 Å². The summed E-state index contributed by atoms with van der Waals surface area (Å²) in [5, 5.41) is 0. The van der Waals surface area contributed by atoms with Crippen molar-refractivity contribution in [2.45, 2.75) is 57.2 Å². The van der Waals surface area contributed by atoms with E-state index < -0.39 is 11.7 Å². The topological polar surface area (TPSA) is 38.1 Å². The number of piperidine rings is 1. The highest BCUT2D eigenvalue weighted by Gasteiger charge is 2.31. The van der Waals surface area contributed by atoms with Gasteiger partial charge in [-0.2, -0.15) is 13.2 Å². The highest BCUT2D eigenvalue weighted by Crippen LogP contribution is 2.33. The third kappa shape index (κ3) is 3.93. The van der Waals surface area contributed by atoms with Gasteiger partial charge in [0.15, 0.2) is 0 Å². The molecule has 150 valence electrons. The molecule has 0 spiro atoms. The molecule has 28 heavy (non-hydrogen) atoms. The highest BCUT2D eigenvalue weighted by molar-refractivity contribution is 5.79. The van der Waals surface area contributed by atoms with Gasteiger partial charge in [-0.3, -0.25) is 4.79 Å². The van der Waals surface area contributed by atoms with Gasteiger partial charge in [0.05, 0.1) is 22.9 Å². The minimum atomic E-state index is -4.36. The molecule has 1 aromatic heterocycles. The maximum absolute atomic E-state index is 12.9. The van der Waals surface area contributed by atoms with Crippen LogP contribution in [-0.2, 0) is 11.0 Å². The van der Waals surface area contributed by atoms with E-state index in [0.717, 1.165) is 37.8 Å². The molecule has 0 bridgehead atoms. The van der Waals surface area contributed by atoms with Crippen LogP contribution in [0, 0.1) is 0 Å². The number of amides is 1. The SMILES string of the molecule is O=C(CC1=CCCCC1)N1CCC(n2cnc3cc(C(F)(F)F)ccc32)CC1. The average molecular weight is 391 g/mol. The number of nitrogens with zero attached hydrogens (tertiary/aromatic N) is 3. The lowest BCUT2D eigenvalue weighted by molar-refractivity contribution is -0.137. The monoisotopic (exact) mass is 391 g/mol. The zero-order chi connectivity index (χ0) is 19.7. The molecule has 2 aromatic rings. The number of imidazole rings is 1. The van der Waals surface area contributed by atoms with E-state index in [1.807, 2.05) is 9.47 Å². The second kappa shape index (κ2) is 7.60. The summed E-state index contributed by atoms with van der Waals surface area (Å²) in [6, 6.07) is 3.86. The van der Waals surface area contributed by atoms with Crippen LogP contribution in [-0.4, -0.2) is 33.4 Å². The van der Waals surface area contributed by atoms with Crippen LogP contribution in [0.5, 0.6) is 0 Å². The first-order valence-electron chi connectivity index (χ1n) is 9.91. The minimum absolute atomic E-state index is 0.152. The number of likely N-dealkylation sites (tertiary alicyclic amines) is 1. The molecule has 1 aromatic carbocycles. The lowest BCUT2D eigenvalue weighted by Crippen LogP contribution is -2.39. The molecule has 0 unspecified atom stereocenters. The highest BCUT2D eigenvalue weighted by atomic mass is 19.4. The maximum atomic E-state index is 12.9. The van der Waals surface area contributed by atoms with Crippen LogP contribution in [0.15, 0.2) is 36.2 Å².